The first-order valence-corrected chi connectivity index (χ1v) is 18.7. The van der Waals surface area contributed by atoms with E-state index in [0.717, 1.165) is 12.0 Å². The minimum Gasteiger partial charge on any atom is -0.0622 e. The Morgan fingerprint density at radius 2 is 1.30 bits per heavy atom. The maximum atomic E-state index is 4.14. The maximum absolute atomic E-state index is 4.14. The number of allylic oxidation sites excluding steroid dienone is 4. The molecule has 1 N–H and O–H groups in total. The van der Waals surface area contributed by atoms with Crippen LogP contribution in [-0.2, 0) is 17.4 Å². The van der Waals surface area contributed by atoms with Gasteiger partial charge >= 0.3 is 120 Å². The van der Waals surface area contributed by atoms with E-state index in [0.29, 0.717) is 0 Å². The summed E-state index contributed by atoms with van der Waals surface area (Å²) in [7, 11) is 0. The summed E-state index contributed by atoms with van der Waals surface area (Å²) in [6.45, 7) is 14.1. The molecule has 0 aliphatic heterocycles. The Hall–Kier alpha value is -1.19. The van der Waals surface area contributed by atoms with Gasteiger partial charge in [-0.2, -0.15) is 0 Å². The van der Waals surface area contributed by atoms with Crippen molar-refractivity contribution >= 4 is 6.66 Å². The minimum absolute atomic E-state index is 0.535. The SMILES string of the molecule is CC1=C(C)C(C)[C]([Ti]([NH]C2CCC2)[SiH](C)C)=C1C.c1ccc(-c2ccccc2)cc1. The number of nitrogens with one attached hydrogen (secondary N) is 1. The molecule has 2 aliphatic carbocycles. The first kappa shape index (κ1) is 23.5. The van der Waals surface area contributed by atoms with Crippen molar-refractivity contribution in [2.45, 2.75) is 66.1 Å². The van der Waals surface area contributed by atoms with Gasteiger partial charge in [-0.15, -0.1) is 0 Å². The molecule has 1 unspecified atom stereocenters. The Morgan fingerprint density at radius 3 is 1.63 bits per heavy atom. The van der Waals surface area contributed by atoms with Gasteiger partial charge in [-0.3, -0.25) is 0 Å². The van der Waals surface area contributed by atoms with Gasteiger partial charge in [0.05, 0.1) is 0 Å². The van der Waals surface area contributed by atoms with E-state index in [2.05, 4.69) is 93.1 Å². The van der Waals surface area contributed by atoms with Crippen LogP contribution in [0.25, 0.3) is 11.1 Å². The fourth-order valence-corrected chi connectivity index (χ4v) is 16.1. The van der Waals surface area contributed by atoms with E-state index >= 15 is 0 Å². The second-order valence-corrected chi connectivity index (χ2v) is 21.8. The van der Waals surface area contributed by atoms with Crippen molar-refractivity contribution in [2.24, 2.45) is 5.92 Å². The summed E-state index contributed by atoms with van der Waals surface area (Å²) in [4.78, 5) is 0. The van der Waals surface area contributed by atoms with Crippen LogP contribution in [0.4, 0.5) is 0 Å². The third-order valence-corrected chi connectivity index (χ3v) is 18.7. The van der Waals surface area contributed by atoms with E-state index in [-0.39, 0.29) is 0 Å². The predicted octanol–water partition coefficient (Wildman–Crippen LogP) is 7.26. The quantitative estimate of drug-likeness (QED) is 0.471. The van der Waals surface area contributed by atoms with Crippen LogP contribution in [0.3, 0.4) is 0 Å². The van der Waals surface area contributed by atoms with Crippen molar-refractivity contribution in [1.29, 1.82) is 0 Å². The summed E-state index contributed by atoms with van der Waals surface area (Å²) in [6.07, 6.45) is 4.32. The van der Waals surface area contributed by atoms with Crippen LogP contribution in [-0.4, -0.2) is 12.7 Å². The average molecular weight is 453 g/mol. The third kappa shape index (κ3) is 5.53. The Balaban J connectivity index is 0.000000184. The molecule has 4 rings (SSSR count). The van der Waals surface area contributed by atoms with Crippen LogP contribution < -0.4 is 3.80 Å². The van der Waals surface area contributed by atoms with E-state index in [1.165, 1.54) is 30.4 Å². The van der Waals surface area contributed by atoms with Gasteiger partial charge in [0.2, 0.25) is 0 Å². The molecule has 0 saturated heterocycles. The molecule has 0 amide bonds. The van der Waals surface area contributed by atoms with Gasteiger partial charge < -0.3 is 0 Å². The molecule has 2 aromatic rings. The molecule has 2 aromatic carbocycles. The Kier molecular flexibility index (Phi) is 8.53. The van der Waals surface area contributed by atoms with Crippen molar-refractivity contribution in [2.75, 3.05) is 0 Å². The fourth-order valence-electron chi connectivity index (χ4n) is 4.39. The second kappa shape index (κ2) is 10.9. The van der Waals surface area contributed by atoms with E-state index in [1.807, 2.05) is 16.0 Å². The minimum atomic E-state index is -1.16. The monoisotopic (exact) mass is 452 g/mol. The van der Waals surface area contributed by atoms with Crippen LogP contribution in [0.2, 0.25) is 13.1 Å². The Bertz CT molecular complexity index is 844. The largest absolute Gasteiger partial charge is 0.0622 e. The zero-order chi connectivity index (χ0) is 21.7. The molecule has 30 heavy (non-hydrogen) atoms. The van der Waals surface area contributed by atoms with Crippen molar-refractivity contribution in [1.82, 2.24) is 3.80 Å². The van der Waals surface area contributed by atoms with Crippen molar-refractivity contribution in [3.8, 4) is 11.1 Å². The molecule has 3 heteroatoms. The average Bonchev–Trinajstić information content (AvgIpc) is 2.92. The molecule has 0 spiro atoms. The van der Waals surface area contributed by atoms with Crippen molar-refractivity contribution in [3.63, 3.8) is 0 Å². The van der Waals surface area contributed by atoms with Crippen molar-refractivity contribution < 1.29 is 17.4 Å². The van der Waals surface area contributed by atoms with Gasteiger partial charge in [0.1, 0.15) is 0 Å². The molecular weight excluding hydrogens is 414 g/mol. The molecule has 1 fully saturated rings. The second-order valence-electron chi connectivity index (χ2n) is 9.14. The molecule has 0 heterocycles. The fraction of sp³-hybridized carbons (Fsp3) is 0.407. The topological polar surface area (TPSA) is 12.0 Å². The molecule has 1 nitrogen and oxygen atoms in total. The van der Waals surface area contributed by atoms with Crippen LogP contribution >= 0.6 is 0 Å². The van der Waals surface area contributed by atoms with Gasteiger partial charge in [-0.05, 0) is 11.1 Å². The zero-order valence-electron chi connectivity index (χ0n) is 19.6. The normalized spacial score (nSPS) is 19.0. The van der Waals surface area contributed by atoms with E-state index in [9.17, 15) is 0 Å². The van der Waals surface area contributed by atoms with Gasteiger partial charge in [0.25, 0.3) is 0 Å². The molecule has 0 radical (unpaired) electrons. The number of benzene rings is 2. The van der Waals surface area contributed by atoms with Crippen LogP contribution in [0.15, 0.2) is 81.3 Å². The molecule has 0 bridgehead atoms. The van der Waals surface area contributed by atoms with Gasteiger partial charge in [0, 0.05) is 0 Å². The van der Waals surface area contributed by atoms with E-state index < -0.39 is 24.0 Å². The summed E-state index contributed by atoms with van der Waals surface area (Å²) in [5, 5.41) is 0. The third-order valence-electron chi connectivity index (χ3n) is 6.85. The zero-order valence-corrected chi connectivity index (χ0v) is 22.3. The van der Waals surface area contributed by atoms with Gasteiger partial charge in [0.15, 0.2) is 0 Å². The maximum Gasteiger partial charge on any atom is -0.0184 e. The predicted molar refractivity (Wildman–Crippen MR) is 132 cm³/mol. The summed E-state index contributed by atoms with van der Waals surface area (Å²) >= 11 is -1.16. The molecule has 1 saturated carbocycles. The van der Waals surface area contributed by atoms with E-state index in [1.54, 1.807) is 16.7 Å². The van der Waals surface area contributed by atoms with Crippen molar-refractivity contribution in [3.05, 3.63) is 81.3 Å². The summed E-state index contributed by atoms with van der Waals surface area (Å²) in [6, 6.07) is 21.7. The van der Waals surface area contributed by atoms with Gasteiger partial charge in [-0.25, -0.2) is 0 Å². The number of hydrogen-bond acceptors (Lipinski definition) is 1. The van der Waals surface area contributed by atoms with Crippen LogP contribution in [0.1, 0.15) is 47.0 Å². The number of hydrogen-bond donors (Lipinski definition) is 1. The molecule has 159 valence electrons. The van der Waals surface area contributed by atoms with Crippen LogP contribution in [0, 0.1) is 5.92 Å². The summed E-state index contributed by atoms with van der Waals surface area (Å²) < 4.78 is 6.03. The van der Waals surface area contributed by atoms with E-state index in [4.69, 9.17) is 0 Å². The van der Waals surface area contributed by atoms with Crippen LogP contribution in [0.5, 0.6) is 0 Å². The first-order chi connectivity index (χ1) is 14.4. The summed E-state index contributed by atoms with van der Waals surface area (Å²) in [5.74, 6) is 0.738. The van der Waals surface area contributed by atoms with Gasteiger partial charge in [-0.1, -0.05) is 60.7 Å². The standard InChI is InChI=1S/C12H10.C9H13.C4H8N.C2H7Si.Ti/c1-3-7-11(8-4-1)12-9-5-2-6-10-12;1-6-5-7(2)9(4)8(6)3;5-4-2-1-3-4;1-3-2;/h1-10H;6H,1-4H3;4-5H,1-3H2;3H,1-2H3;/q;;-1;;+1. The number of rotatable bonds is 5. The first-order valence-electron chi connectivity index (χ1n) is 11.5. The Morgan fingerprint density at radius 1 is 0.800 bits per heavy atom. The molecule has 0 aromatic heterocycles. The molecule has 1 atom stereocenters. The Labute approximate surface area is 191 Å². The summed E-state index contributed by atoms with van der Waals surface area (Å²) in [5.41, 5.74) is 7.43. The molecular formula is C27H38NSiTi. The molecule has 2 aliphatic rings. The smallest absolute Gasteiger partial charge is 0.0184 e.